The van der Waals surface area contributed by atoms with Crippen molar-refractivity contribution in [1.82, 2.24) is 19.7 Å². The number of nitrogens with zero attached hydrogens (tertiary/aromatic N) is 4. The molecule has 3 aromatic heterocycles. The molecule has 0 aliphatic heterocycles. The second-order valence-corrected chi connectivity index (χ2v) is 4.77. The van der Waals surface area contributed by atoms with E-state index in [1.807, 2.05) is 17.6 Å². The molecule has 3 rings (SSSR count). The zero-order valence-electron chi connectivity index (χ0n) is 7.46. The van der Waals surface area contributed by atoms with Crippen LogP contribution in [0.1, 0.15) is 0 Å². The van der Waals surface area contributed by atoms with E-state index in [9.17, 15) is 0 Å². The van der Waals surface area contributed by atoms with Gasteiger partial charge in [-0.2, -0.15) is 5.10 Å². The third-order valence-electron chi connectivity index (χ3n) is 1.99. The van der Waals surface area contributed by atoms with Gasteiger partial charge in [0.25, 0.3) is 0 Å². The Morgan fingerprint density at radius 2 is 2.27 bits per heavy atom. The number of hydrogen-bond donors (Lipinski definition) is 0. The average molecular weight is 281 g/mol. The van der Waals surface area contributed by atoms with E-state index >= 15 is 0 Å². The van der Waals surface area contributed by atoms with E-state index in [-0.39, 0.29) is 0 Å². The lowest BCUT2D eigenvalue weighted by molar-refractivity contribution is 0.852. The van der Waals surface area contributed by atoms with E-state index in [4.69, 9.17) is 0 Å². The van der Waals surface area contributed by atoms with Gasteiger partial charge in [0, 0.05) is 6.20 Å². The van der Waals surface area contributed by atoms with Crippen LogP contribution >= 0.6 is 27.3 Å². The van der Waals surface area contributed by atoms with E-state index in [0.29, 0.717) is 0 Å². The summed E-state index contributed by atoms with van der Waals surface area (Å²) in [6.45, 7) is 0. The van der Waals surface area contributed by atoms with Crippen LogP contribution in [0.25, 0.3) is 16.0 Å². The minimum Gasteiger partial charge on any atom is -0.235 e. The van der Waals surface area contributed by atoms with Gasteiger partial charge in [0.1, 0.15) is 6.33 Å². The summed E-state index contributed by atoms with van der Waals surface area (Å²) < 4.78 is 3.73. The first-order chi connectivity index (χ1) is 7.34. The second kappa shape index (κ2) is 3.39. The van der Waals surface area contributed by atoms with Crippen LogP contribution in [0.5, 0.6) is 0 Å². The third-order valence-corrected chi connectivity index (χ3v) is 3.30. The van der Waals surface area contributed by atoms with Crippen molar-refractivity contribution < 1.29 is 0 Å². The second-order valence-electron chi connectivity index (χ2n) is 2.94. The zero-order chi connectivity index (χ0) is 10.3. The number of halogens is 1. The fraction of sp³-hybridized carbons (Fsp3) is 0. The maximum Gasteiger partial charge on any atom is 0.174 e. The Morgan fingerprint density at radius 3 is 3.07 bits per heavy atom. The molecule has 0 bridgehead atoms. The molecule has 4 nitrogen and oxygen atoms in total. The monoisotopic (exact) mass is 280 g/mol. The van der Waals surface area contributed by atoms with Crippen LogP contribution in [-0.2, 0) is 0 Å². The van der Waals surface area contributed by atoms with Crippen molar-refractivity contribution in [3.63, 3.8) is 0 Å². The summed E-state index contributed by atoms with van der Waals surface area (Å²) in [5.74, 6) is 0.820. The minimum absolute atomic E-state index is 0.820. The maximum atomic E-state index is 4.24. The Morgan fingerprint density at radius 1 is 1.33 bits per heavy atom. The van der Waals surface area contributed by atoms with Crippen LogP contribution in [0.4, 0.5) is 0 Å². The molecule has 0 saturated heterocycles. The normalized spacial score (nSPS) is 11.0. The Kier molecular flexibility index (Phi) is 2.03. The summed E-state index contributed by atoms with van der Waals surface area (Å²) in [7, 11) is 0. The first-order valence-electron chi connectivity index (χ1n) is 4.23. The molecule has 0 atom stereocenters. The fourth-order valence-corrected chi connectivity index (χ4v) is 2.47. The maximum absolute atomic E-state index is 4.24. The molecule has 0 amide bonds. The van der Waals surface area contributed by atoms with Crippen LogP contribution in [0.15, 0.2) is 34.6 Å². The van der Waals surface area contributed by atoms with Gasteiger partial charge in [-0.25, -0.2) is 14.6 Å². The van der Waals surface area contributed by atoms with Crippen molar-refractivity contribution in [2.75, 3.05) is 0 Å². The van der Waals surface area contributed by atoms with Gasteiger partial charge in [0.15, 0.2) is 5.82 Å². The molecule has 0 radical (unpaired) electrons. The largest absolute Gasteiger partial charge is 0.235 e. The Balaban J connectivity index is 2.30. The average Bonchev–Trinajstić information content (AvgIpc) is 2.84. The molecule has 0 aliphatic carbocycles. The quantitative estimate of drug-likeness (QED) is 0.688. The molecular formula is C9H5BrN4S. The predicted molar refractivity (Wildman–Crippen MR) is 62.2 cm³/mol. The van der Waals surface area contributed by atoms with Gasteiger partial charge in [-0.1, -0.05) is 0 Å². The fourth-order valence-electron chi connectivity index (χ4n) is 1.36. The molecule has 6 heteroatoms. The lowest BCUT2D eigenvalue weighted by Gasteiger charge is -1.99. The Labute approximate surface area is 97.7 Å². The molecule has 0 N–H and O–H groups in total. The van der Waals surface area contributed by atoms with Crippen LogP contribution < -0.4 is 0 Å². The van der Waals surface area contributed by atoms with Gasteiger partial charge in [0.05, 0.1) is 20.9 Å². The Hall–Kier alpha value is -1.27. The highest BCUT2D eigenvalue weighted by molar-refractivity contribution is 9.10. The lowest BCUT2D eigenvalue weighted by atomic mass is 10.4. The summed E-state index contributed by atoms with van der Waals surface area (Å²) in [6.07, 6.45) is 5.17. The summed E-state index contributed by atoms with van der Waals surface area (Å²) in [4.78, 5) is 8.42. The van der Waals surface area contributed by atoms with Crippen molar-refractivity contribution in [1.29, 1.82) is 0 Å². The summed E-state index contributed by atoms with van der Waals surface area (Å²) in [5, 5.41) is 6.20. The standard InChI is InChI=1S/C9H5BrN4S/c10-6-3-13-14(4-6)9-8-7(1-2-15-8)11-5-12-9/h1-5H. The molecule has 0 aliphatic rings. The molecule has 3 aromatic rings. The predicted octanol–water partition coefficient (Wildman–Crippen LogP) is 2.64. The number of rotatable bonds is 1. The Bertz CT molecular complexity index is 615. The van der Waals surface area contributed by atoms with Gasteiger partial charge in [0.2, 0.25) is 0 Å². The van der Waals surface area contributed by atoms with Crippen LogP contribution in [0.3, 0.4) is 0 Å². The molecule has 3 heterocycles. The number of thiophene rings is 1. The van der Waals surface area contributed by atoms with Crippen molar-refractivity contribution in [2.45, 2.75) is 0 Å². The first-order valence-corrected chi connectivity index (χ1v) is 5.90. The van der Waals surface area contributed by atoms with Crippen molar-refractivity contribution in [3.05, 3.63) is 34.6 Å². The van der Waals surface area contributed by atoms with Gasteiger partial charge in [-0.05, 0) is 27.4 Å². The molecule has 0 saturated carbocycles. The molecule has 0 spiro atoms. The molecule has 15 heavy (non-hydrogen) atoms. The van der Waals surface area contributed by atoms with E-state index in [2.05, 4.69) is 31.0 Å². The molecule has 0 fully saturated rings. The number of hydrogen-bond acceptors (Lipinski definition) is 4. The summed E-state index contributed by atoms with van der Waals surface area (Å²) in [6, 6.07) is 1.98. The van der Waals surface area contributed by atoms with E-state index in [1.165, 1.54) is 0 Å². The molecule has 0 aromatic carbocycles. The summed E-state index contributed by atoms with van der Waals surface area (Å²) >= 11 is 4.98. The topological polar surface area (TPSA) is 43.6 Å². The lowest BCUT2D eigenvalue weighted by Crippen LogP contribution is -1.98. The van der Waals surface area contributed by atoms with E-state index in [1.54, 1.807) is 28.5 Å². The summed E-state index contributed by atoms with van der Waals surface area (Å²) in [5.41, 5.74) is 0.955. The SMILES string of the molecule is Brc1cnn(-c2ncnc3ccsc23)c1. The van der Waals surface area contributed by atoms with Crippen LogP contribution in [0, 0.1) is 0 Å². The molecular weight excluding hydrogens is 276 g/mol. The van der Waals surface area contributed by atoms with Gasteiger partial charge in [-0.15, -0.1) is 11.3 Å². The highest BCUT2D eigenvalue weighted by Crippen LogP contribution is 2.24. The first kappa shape index (κ1) is 8.99. The minimum atomic E-state index is 0.820. The zero-order valence-corrected chi connectivity index (χ0v) is 9.86. The highest BCUT2D eigenvalue weighted by atomic mass is 79.9. The van der Waals surface area contributed by atoms with Crippen LogP contribution in [0.2, 0.25) is 0 Å². The van der Waals surface area contributed by atoms with Crippen molar-refractivity contribution >= 4 is 37.5 Å². The smallest absolute Gasteiger partial charge is 0.174 e. The van der Waals surface area contributed by atoms with Crippen molar-refractivity contribution in [2.24, 2.45) is 0 Å². The van der Waals surface area contributed by atoms with Crippen molar-refractivity contribution in [3.8, 4) is 5.82 Å². The third kappa shape index (κ3) is 1.46. The molecule has 74 valence electrons. The van der Waals surface area contributed by atoms with E-state index < -0.39 is 0 Å². The molecule has 0 unspecified atom stereocenters. The highest BCUT2D eigenvalue weighted by Gasteiger charge is 2.07. The number of aromatic nitrogens is 4. The number of fused-ring (bicyclic) bond motifs is 1. The van der Waals surface area contributed by atoms with Gasteiger partial charge >= 0.3 is 0 Å². The van der Waals surface area contributed by atoms with Gasteiger partial charge in [-0.3, -0.25) is 0 Å². The van der Waals surface area contributed by atoms with Gasteiger partial charge < -0.3 is 0 Å². The van der Waals surface area contributed by atoms with Crippen LogP contribution in [-0.4, -0.2) is 19.7 Å². The van der Waals surface area contributed by atoms with E-state index in [0.717, 1.165) is 20.5 Å².